The van der Waals surface area contributed by atoms with Gasteiger partial charge in [-0.1, -0.05) is 20.8 Å². The number of carbonyl (C=O) groups is 1. The summed E-state index contributed by atoms with van der Waals surface area (Å²) in [5.41, 5.74) is 0. The first kappa shape index (κ1) is 12.6. The van der Waals surface area contributed by atoms with Crippen molar-refractivity contribution in [1.29, 1.82) is 0 Å². The van der Waals surface area contributed by atoms with E-state index in [9.17, 15) is 4.79 Å². The molecule has 0 heterocycles. The maximum absolute atomic E-state index is 10.6. The smallest absolute Gasteiger partial charge is 0.123 e. The lowest BCUT2D eigenvalue weighted by Gasteiger charge is -2.23. The quantitative estimate of drug-likeness (QED) is 0.455. The summed E-state index contributed by atoms with van der Waals surface area (Å²) in [6.45, 7) is 7.74. The van der Waals surface area contributed by atoms with Crippen molar-refractivity contribution in [1.82, 2.24) is 5.32 Å². The second kappa shape index (κ2) is 7.04. The molecule has 0 aromatic heterocycles. The van der Waals surface area contributed by atoms with Crippen LogP contribution in [0.2, 0.25) is 0 Å². The number of hydrogen-bond acceptors (Lipinski definition) is 3. The number of hydrogen-bond donors (Lipinski definition) is 2. The van der Waals surface area contributed by atoms with Gasteiger partial charge < -0.3 is 15.2 Å². The molecule has 0 saturated carbocycles. The summed E-state index contributed by atoms with van der Waals surface area (Å²) in [4.78, 5) is 10.6. The Morgan fingerprint density at radius 1 is 1.38 bits per heavy atom. The third kappa shape index (κ3) is 5.01. The summed E-state index contributed by atoms with van der Waals surface area (Å²) < 4.78 is 0. The van der Waals surface area contributed by atoms with Crippen LogP contribution in [0.25, 0.3) is 0 Å². The minimum absolute atomic E-state index is 0.0891. The Labute approximate surface area is 80.5 Å². The summed E-state index contributed by atoms with van der Waals surface area (Å²) in [7, 11) is 0. The van der Waals surface area contributed by atoms with E-state index in [1.54, 1.807) is 0 Å². The summed E-state index contributed by atoms with van der Waals surface area (Å²) in [6.07, 6.45) is 1.01. The molecule has 0 aliphatic rings. The van der Waals surface area contributed by atoms with Gasteiger partial charge in [0.25, 0.3) is 0 Å². The Balaban J connectivity index is 3.87. The summed E-state index contributed by atoms with van der Waals surface area (Å²) in [5.74, 6) is 0.946. The number of nitrogens with one attached hydrogen (secondary N) is 1. The predicted octanol–water partition coefficient (Wildman–Crippen LogP) is 0.675. The molecule has 0 saturated heterocycles. The highest BCUT2D eigenvalue weighted by Crippen LogP contribution is 2.18. The number of aliphatic hydroxyl groups is 1. The number of rotatable bonds is 7. The molecule has 0 radical (unpaired) electrons. The van der Waals surface area contributed by atoms with Crippen LogP contribution < -0.4 is 5.32 Å². The van der Waals surface area contributed by atoms with E-state index < -0.39 is 0 Å². The largest absolute Gasteiger partial charge is 0.395 e. The van der Waals surface area contributed by atoms with Gasteiger partial charge in [0.1, 0.15) is 6.29 Å². The maximum Gasteiger partial charge on any atom is 0.123 e. The highest BCUT2D eigenvalue weighted by molar-refractivity contribution is 5.53. The van der Waals surface area contributed by atoms with Gasteiger partial charge in [0.2, 0.25) is 0 Å². The van der Waals surface area contributed by atoms with E-state index in [1.807, 2.05) is 6.92 Å². The molecule has 3 nitrogen and oxygen atoms in total. The lowest BCUT2D eigenvalue weighted by molar-refractivity contribution is -0.112. The first-order chi connectivity index (χ1) is 6.13. The molecule has 0 bridgehead atoms. The van der Waals surface area contributed by atoms with E-state index in [1.165, 1.54) is 0 Å². The van der Waals surface area contributed by atoms with Crippen LogP contribution in [0.5, 0.6) is 0 Å². The normalized spacial score (nSPS) is 15.8. The van der Waals surface area contributed by atoms with Crippen LogP contribution in [0.4, 0.5) is 0 Å². The number of aldehydes is 1. The van der Waals surface area contributed by atoms with Crippen molar-refractivity contribution < 1.29 is 9.90 Å². The van der Waals surface area contributed by atoms with E-state index in [2.05, 4.69) is 19.2 Å². The Kier molecular flexibility index (Phi) is 6.82. The average Bonchev–Trinajstić information content (AvgIpc) is 2.11. The minimum Gasteiger partial charge on any atom is -0.395 e. The second-order valence-electron chi connectivity index (χ2n) is 3.83. The molecule has 3 heteroatoms. The summed E-state index contributed by atoms with van der Waals surface area (Å²) in [6, 6.07) is 0. The molecule has 2 N–H and O–H groups in total. The van der Waals surface area contributed by atoms with E-state index in [4.69, 9.17) is 5.11 Å². The lowest BCUT2D eigenvalue weighted by Crippen LogP contribution is -2.32. The zero-order chi connectivity index (χ0) is 10.3. The standard InChI is InChI=1S/C10H21NO2/c1-8(2)10(9(3)7-13)6-11-4-5-12/h7-12H,4-6H2,1-3H3. The lowest BCUT2D eigenvalue weighted by atomic mass is 9.85. The molecule has 0 spiro atoms. The number of aliphatic hydroxyl groups excluding tert-OH is 1. The molecule has 0 aromatic rings. The van der Waals surface area contributed by atoms with Crippen molar-refractivity contribution in [3.8, 4) is 0 Å². The molecular weight excluding hydrogens is 166 g/mol. The molecule has 0 aromatic carbocycles. The van der Waals surface area contributed by atoms with Crippen molar-refractivity contribution in [2.45, 2.75) is 20.8 Å². The molecular formula is C10H21NO2. The SMILES string of the molecule is CC(C)C(CNCCO)C(C)C=O. The van der Waals surface area contributed by atoms with Crippen LogP contribution in [0.15, 0.2) is 0 Å². The van der Waals surface area contributed by atoms with Crippen molar-refractivity contribution >= 4 is 6.29 Å². The van der Waals surface area contributed by atoms with Crippen molar-refractivity contribution in [2.24, 2.45) is 17.8 Å². The van der Waals surface area contributed by atoms with E-state index in [0.717, 1.165) is 12.8 Å². The molecule has 0 aliphatic heterocycles. The molecule has 2 unspecified atom stereocenters. The molecule has 13 heavy (non-hydrogen) atoms. The van der Waals surface area contributed by atoms with Gasteiger partial charge in [-0.05, 0) is 18.4 Å². The highest BCUT2D eigenvalue weighted by atomic mass is 16.3. The maximum atomic E-state index is 10.6. The average molecular weight is 187 g/mol. The first-order valence-electron chi connectivity index (χ1n) is 4.90. The molecule has 0 rings (SSSR count). The van der Waals surface area contributed by atoms with Crippen molar-refractivity contribution in [2.75, 3.05) is 19.7 Å². The van der Waals surface area contributed by atoms with Crippen LogP contribution in [0.1, 0.15) is 20.8 Å². The Morgan fingerprint density at radius 2 is 2.00 bits per heavy atom. The van der Waals surface area contributed by atoms with Gasteiger partial charge in [0.15, 0.2) is 0 Å². The topological polar surface area (TPSA) is 49.3 Å². The molecule has 0 fully saturated rings. The molecule has 0 amide bonds. The Bertz CT molecular complexity index is 137. The monoisotopic (exact) mass is 187 g/mol. The van der Waals surface area contributed by atoms with Gasteiger partial charge in [-0.25, -0.2) is 0 Å². The fourth-order valence-corrected chi connectivity index (χ4v) is 1.48. The second-order valence-corrected chi connectivity index (χ2v) is 3.83. The molecule has 2 atom stereocenters. The van der Waals surface area contributed by atoms with Gasteiger partial charge in [-0.15, -0.1) is 0 Å². The van der Waals surface area contributed by atoms with Crippen molar-refractivity contribution in [3.63, 3.8) is 0 Å². The third-order valence-electron chi connectivity index (χ3n) is 2.41. The molecule has 78 valence electrons. The fourth-order valence-electron chi connectivity index (χ4n) is 1.48. The molecule has 0 aliphatic carbocycles. The van der Waals surface area contributed by atoms with Gasteiger partial charge in [0.05, 0.1) is 6.61 Å². The van der Waals surface area contributed by atoms with Crippen LogP contribution >= 0.6 is 0 Å². The van der Waals surface area contributed by atoms with Crippen LogP contribution in [-0.2, 0) is 4.79 Å². The zero-order valence-corrected chi connectivity index (χ0v) is 8.79. The van der Waals surface area contributed by atoms with Gasteiger partial charge >= 0.3 is 0 Å². The van der Waals surface area contributed by atoms with Crippen LogP contribution in [0.3, 0.4) is 0 Å². The Hall–Kier alpha value is -0.410. The highest BCUT2D eigenvalue weighted by Gasteiger charge is 2.19. The van der Waals surface area contributed by atoms with E-state index in [-0.39, 0.29) is 12.5 Å². The summed E-state index contributed by atoms with van der Waals surface area (Å²) in [5, 5.41) is 11.7. The minimum atomic E-state index is 0.0891. The van der Waals surface area contributed by atoms with Crippen LogP contribution in [0, 0.1) is 17.8 Å². The predicted molar refractivity (Wildman–Crippen MR) is 53.5 cm³/mol. The van der Waals surface area contributed by atoms with E-state index >= 15 is 0 Å². The van der Waals surface area contributed by atoms with Gasteiger partial charge in [0, 0.05) is 12.5 Å². The van der Waals surface area contributed by atoms with Gasteiger partial charge in [-0.3, -0.25) is 0 Å². The zero-order valence-electron chi connectivity index (χ0n) is 8.79. The number of carbonyl (C=O) groups excluding carboxylic acids is 1. The fraction of sp³-hybridized carbons (Fsp3) is 0.900. The Morgan fingerprint density at radius 3 is 2.38 bits per heavy atom. The first-order valence-corrected chi connectivity index (χ1v) is 4.90. The van der Waals surface area contributed by atoms with E-state index in [0.29, 0.717) is 18.4 Å². The summed E-state index contributed by atoms with van der Waals surface area (Å²) >= 11 is 0. The van der Waals surface area contributed by atoms with Crippen molar-refractivity contribution in [3.05, 3.63) is 0 Å². The van der Waals surface area contributed by atoms with Gasteiger partial charge in [-0.2, -0.15) is 0 Å². The van der Waals surface area contributed by atoms with Crippen LogP contribution in [-0.4, -0.2) is 31.1 Å². The third-order valence-corrected chi connectivity index (χ3v) is 2.41.